The quantitative estimate of drug-likeness (QED) is 0.227. The maximum Gasteiger partial charge on any atom is 0.357 e. The van der Waals surface area contributed by atoms with Crippen LogP contribution in [0.4, 0.5) is 0 Å². The number of nitrogens with zero attached hydrogens (tertiary/aromatic N) is 1. The van der Waals surface area contributed by atoms with Crippen LogP contribution in [0.5, 0.6) is 0 Å². The van der Waals surface area contributed by atoms with Gasteiger partial charge in [0, 0.05) is 0 Å². The molecule has 0 rings (SSSR count). The monoisotopic (exact) mass is 373 g/mol. The van der Waals surface area contributed by atoms with Crippen molar-refractivity contribution in [1.82, 2.24) is 4.90 Å². The fourth-order valence-electron chi connectivity index (χ4n) is 1.84. The molecule has 0 aliphatic heterocycles. The van der Waals surface area contributed by atoms with Crippen LogP contribution in [0.15, 0.2) is 25.3 Å². The van der Waals surface area contributed by atoms with Gasteiger partial charge in [-0.1, -0.05) is 12.2 Å². The molecule has 0 aromatic carbocycles. The minimum absolute atomic E-state index is 0.0147. The van der Waals surface area contributed by atoms with Gasteiger partial charge in [0.05, 0.1) is 0 Å². The van der Waals surface area contributed by atoms with Crippen LogP contribution in [-0.4, -0.2) is 63.7 Å². The smallest absolute Gasteiger partial charge is 0.357 e. The predicted molar refractivity (Wildman–Crippen MR) is 77.6 cm³/mol. The SMILES string of the molecule is C=CC(C(=O)O)N(C(C=C)C(=O)O)C(C)(P(=O)(O)O)P(=O)(O)O. The highest BCUT2D eigenvalue weighted by atomic mass is 31.2. The van der Waals surface area contributed by atoms with E-state index in [2.05, 4.69) is 13.2 Å². The zero-order chi connectivity index (χ0) is 18.8. The molecule has 0 fully saturated rings. The van der Waals surface area contributed by atoms with E-state index in [1.165, 1.54) is 0 Å². The Bertz CT molecular complexity index is 557. The van der Waals surface area contributed by atoms with Crippen molar-refractivity contribution in [2.75, 3.05) is 0 Å². The second kappa shape index (κ2) is 7.06. The molecule has 6 N–H and O–H groups in total. The Labute approximate surface area is 130 Å². The normalized spacial score (nSPS) is 15.7. The third-order valence-corrected chi connectivity index (χ3v) is 7.38. The topological polar surface area (TPSA) is 193 Å². The van der Waals surface area contributed by atoms with Gasteiger partial charge in [-0.3, -0.25) is 18.7 Å². The van der Waals surface area contributed by atoms with E-state index in [-0.39, 0.29) is 4.90 Å². The zero-order valence-corrected chi connectivity index (χ0v) is 13.7. The van der Waals surface area contributed by atoms with Crippen LogP contribution in [0, 0.1) is 0 Å². The van der Waals surface area contributed by atoms with Gasteiger partial charge in [0.25, 0.3) is 0 Å². The first-order valence-corrected chi connectivity index (χ1v) is 8.99. The molecule has 2 unspecified atom stereocenters. The standard InChI is InChI=1S/C10H17NO10P2/c1-4-6(8(12)13)11(7(5-2)9(14)15)10(3,22(16,17)18)23(19,20)21/h4-7H,1-2H2,3H3,(H,12,13)(H,14,15)(H2,16,17,18)(H2,19,20,21). The van der Waals surface area contributed by atoms with Crippen molar-refractivity contribution >= 4 is 27.1 Å². The molecule has 0 spiro atoms. The highest BCUT2D eigenvalue weighted by Gasteiger charge is 2.64. The molecule has 11 nitrogen and oxygen atoms in total. The Morgan fingerprint density at radius 3 is 1.35 bits per heavy atom. The van der Waals surface area contributed by atoms with E-state index >= 15 is 0 Å². The number of carboxylic acids is 2. The molecule has 0 bridgehead atoms. The van der Waals surface area contributed by atoms with E-state index in [9.17, 15) is 38.3 Å². The molecule has 0 saturated carbocycles. The fraction of sp³-hybridized carbons (Fsp3) is 0.400. The maximum absolute atomic E-state index is 11.7. The van der Waals surface area contributed by atoms with E-state index in [4.69, 9.17) is 10.2 Å². The van der Waals surface area contributed by atoms with E-state index < -0.39 is 44.2 Å². The van der Waals surface area contributed by atoms with Crippen LogP contribution in [-0.2, 0) is 18.7 Å². The molecule has 0 amide bonds. The molecule has 0 aliphatic carbocycles. The Morgan fingerprint density at radius 1 is 0.957 bits per heavy atom. The van der Waals surface area contributed by atoms with Crippen molar-refractivity contribution in [2.24, 2.45) is 0 Å². The Balaban J connectivity index is 6.86. The maximum atomic E-state index is 11.7. The van der Waals surface area contributed by atoms with Crippen molar-refractivity contribution in [1.29, 1.82) is 0 Å². The van der Waals surface area contributed by atoms with Crippen LogP contribution in [0.3, 0.4) is 0 Å². The lowest BCUT2D eigenvalue weighted by Gasteiger charge is -2.44. The van der Waals surface area contributed by atoms with Crippen LogP contribution in [0.25, 0.3) is 0 Å². The van der Waals surface area contributed by atoms with Gasteiger partial charge in [-0.25, -0.2) is 4.90 Å². The first kappa shape index (κ1) is 21.7. The first-order chi connectivity index (χ1) is 10.2. The van der Waals surface area contributed by atoms with Crippen LogP contribution in [0.1, 0.15) is 6.92 Å². The Kier molecular flexibility index (Phi) is 6.66. The molecule has 0 saturated heterocycles. The average Bonchev–Trinajstić information content (AvgIpc) is 2.34. The number of hydrogen-bond acceptors (Lipinski definition) is 5. The Hall–Kier alpha value is -1.32. The summed E-state index contributed by atoms with van der Waals surface area (Å²) in [6, 6.07) is -4.25. The highest BCUT2D eigenvalue weighted by molar-refractivity contribution is 7.72. The van der Waals surface area contributed by atoms with Gasteiger partial charge in [-0.2, -0.15) is 0 Å². The predicted octanol–water partition coefficient (Wildman–Crippen LogP) is -0.404. The highest BCUT2D eigenvalue weighted by Crippen LogP contribution is 2.70. The second-order valence-electron chi connectivity index (χ2n) is 4.50. The molecule has 13 heteroatoms. The molecule has 0 radical (unpaired) electrons. The summed E-state index contributed by atoms with van der Waals surface area (Å²) in [5, 5.41) is 14.8. The molecule has 0 aromatic rings. The van der Waals surface area contributed by atoms with Crippen molar-refractivity contribution in [3.63, 3.8) is 0 Å². The molecule has 23 heavy (non-hydrogen) atoms. The van der Waals surface area contributed by atoms with Gasteiger partial charge in [0.1, 0.15) is 12.1 Å². The van der Waals surface area contributed by atoms with E-state index in [1.807, 2.05) is 0 Å². The van der Waals surface area contributed by atoms with Crippen LogP contribution >= 0.6 is 15.2 Å². The number of carbonyl (C=O) groups is 2. The largest absolute Gasteiger partial charge is 0.480 e. The number of rotatable bonds is 9. The van der Waals surface area contributed by atoms with Gasteiger partial charge in [0.2, 0.25) is 5.02 Å². The van der Waals surface area contributed by atoms with Crippen LogP contribution < -0.4 is 0 Å². The lowest BCUT2D eigenvalue weighted by atomic mass is 10.1. The van der Waals surface area contributed by atoms with Crippen molar-refractivity contribution < 1.29 is 48.5 Å². The molecule has 0 heterocycles. The molecule has 0 aliphatic rings. The van der Waals surface area contributed by atoms with Crippen molar-refractivity contribution in [3.05, 3.63) is 25.3 Å². The molecular weight excluding hydrogens is 356 g/mol. The summed E-state index contributed by atoms with van der Waals surface area (Å²) in [7, 11) is -11.5. The summed E-state index contributed by atoms with van der Waals surface area (Å²) < 4.78 is 23.5. The summed E-state index contributed by atoms with van der Waals surface area (Å²) in [4.78, 5) is 60.2. The summed E-state index contributed by atoms with van der Waals surface area (Å²) >= 11 is 0. The number of aliphatic carboxylic acids is 2. The lowest BCUT2D eigenvalue weighted by Crippen LogP contribution is -2.59. The van der Waals surface area contributed by atoms with Crippen molar-refractivity contribution in [3.8, 4) is 0 Å². The van der Waals surface area contributed by atoms with Gasteiger partial charge in [-0.05, 0) is 6.92 Å². The summed E-state index contributed by atoms with van der Waals surface area (Å²) in [6.45, 7) is 6.58. The molecular formula is C10H17NO10P2. The molecule has 132 valence electrons. The van der Waals surface area contributed by atoms with E-state index in [1.54, 1.807) is 0 Å². The van der Waals surface area contributed by atoms with Gasteiger partial charge < -0.3 is 29.8 Å². The number of carboxylic acid groups (broad SMARTS) is 2. The summed E-state index contributed by atoms with van der Waals surface area (Å²) in [5.41, 5.74) is 0. The first-order valence-electron chi connectivity index (χ1n) is 5.77. The fourth-order valence-corrected chi connectivity index (χ4v) is 4.29. The zero-order valence-electron chi connectivity index (χ0n) is 11.9. The third-order valence-electron chi connectivity index (χ3n) is 3.14. The lowest BCUT2D eigenvalue weighted by molar-refractivity contribution is -0.148. The number of hydrogen-bond donors (Lipinski definition) is 6. The summed E-state index contributed by atoms with van der Waals surface area (Å²) in [6.07, 6.45) is 1.18. The minimum Gasteiger partial charge on any atom is -0.480 e. The van der Waals surface area contributed by atoms with E-state index in [0.717, 1.165) is 0 Å². The van der Waals surface area contributed by atoms with Gasteiger partial charge >= 0.3 is 27.1 Å². The second-order valence-corrected chi connectivity index (χ2v) is 8.77. The summed E-state index contributed by atoms with van der Waals surface area (Å²) in [5.74, 6) is -3.64. The van der Waals surface area contributed by atoms with Crippen LogP contribution in [0.2, 0.25) is 0 Å². The molecule has 0 aromatic heterocycles. The third kappa shape index (κ3) is 3.96. The van der Waals surface area contributed by atoms with Gasteiger partial charge in [-0.15, -0.1) is 13.2 Å². The van der Waals surface area contributed by atoms with Gasteiger partial charge in [0.15, 0.2) is 0 Å². The molecule has 2 atom stereocenters. The van der Waals surface area contributed by atoms with Crippen molar-refractivity contribution in [2.45, 2.75) is 24.0 Å². The average molecular weight is 373 g/mol. The minimum atomic E-state index is -5.74. The van der Waals surface area contributed by atoms with E-state index in [0.29, 0.717) is 19.1 Å². The Morgan fingerprint density at radius 2 is 1.22 bits per heavy atom.